The van der Waals surface area contributed by atoms with Crippen molar-refractivity contribution in [3.8, 4) is 0 Å². The molecule has 0 amide bonds. The van der Waals surface area contributed by atoms with Gasteiger partial charge in [0, 0.05) is 26.9 Å². The molecule has 2 rings (SSSR count). The number of cyclic esters (lactones) is 1. The van der Waals surface area contributed by atoms with Crippen LogP contribution in [-0.2, 0) is 24.4 Å². The molecule has 1 saturated heterocycles. The Balaban J connectivity index is 0.000000220. The van der Waals surface area contributed by atoms with Crippen molar-refractivity contribution >= 4 is 16.1 Å². The van der Waals surface area contributed by atoms with E-state index in [4.69, 9.17) is 19.1 Å². The maximum absolute atomic E-state index is 10.9. The molecule has 1 heterocycles. The summed E-state index contributed by atoms with van der Waals surface area (Å²) in [5.41, 5.74) is 0.956. The summed E-state index contributed by atoms with van der Waals surface area (Å²) in [4.78, 5) is 10.9. The van der Waals surface area contributed by atoms with E-state index >= 15 is 0 Å². The van der Waals surface area contributed by atoms with E-state index in [1.54, 1.807) is 26.0 Å². The number of aliphatic hydroxyl groups excluding tert-OH is 1. The van der Waals surface area contributed by atoms with E-state index in [0.717, 1.165) is 5.56 Å². The first-order valence-corrected chi connectivity index (χ1v) is 8.05. The number of carbonyl (C=O) groups excluding carboxylic acids is 1. The third-order valence-electron chi connectivity index (χ3n) is 2.75. The molecule has 124 valence electrons. The highest BCUT2D eigenvalue weighted by atomic mass is 32.2. The lowest BCUT2D eigenvalue weighted by molar-refractivity contribution is -0.160. The number of aliphatic hydroxyl groups is 1. The summed E-state index contributed by atoms with van der Waals surface area (Å²) in [5, 5.41) is 8.53. The van der Waals surface area contributed by atoms with Crippen LogP contribution < -0.4 is 0 Å². The molecule has 0 bridgehead atoms. The molecule has 1 aliphatic heterocycles. The highest BCUT2D eigenvalue weighted by Crippen LogP contribution is 2.24. The van der Waals surface area contributed by atoms with E-state index in [2.05, 4.69) is 0 Å². The third kappa shape index (κ3) is 5.72. The number of aryl methyl sites for hydroxylation is 1. The molecule has 1 aromatic carbocycles. The molecule has 0 aliphatic carbocycles. The second-order valence-corrected chi connectivity index (χ2v) is 6.65. The number of benzene rings is 1. The van der Waals surface area contributed by atoms with Gasteiger partial charge in [-0.2, -0.15) is 8.42 Å². The fraction of sp³-hybridized carbons (Fsp3) is 0.500. The lowest BCUT2D eigenvalue weighted by atomic mass is 10.2. The molecule has 0 saturated carbocycles. The van der Waals surface area contributed by atoms with Gasteiger partial charge in [0.15, 0.2) is 6.10 Å². The number of hydrogen-bond acceptors (Lipinski definition) is 6. The molecular weight excluding hydrogens is 312 g/mol. The van der Waals surface area contributed by atoms with Crippen molar-refractivity contribution in [1.29, 1.82) is 0 Å². The highest BCUT2D eigenvalue weighted by molar-refractivity contribution is 7.85. The predicted octanol–water partition coefficient (Wildman–Crippen LogP) is 1.29. The Morgan fingerprint density at radius 1 is 1.23 bits per heavy atom. The topological polar surface area (TPSA) is 110 Å². The SMILES string of the molecule is CC1(C)OC(=O)[C@H](CCO)O1.Cc1ccc(S(=O)(=O)O)cc1. The van der Waals surface area contributed by atoms with Crippen molar-refractivity contribution < 1.29 is 32.3 Å². The summed E-state index contributed by atoms with van der Waals surface area (Å²) in [5.74, 6) is -1.21. The van der Waals surface area contributed by atoms with Crippen molar-refractivity contribution in [3.05, 3.63) is 29.8 Å². The number of carbonyl (C=O) groups is 1. The quantitative estimate of drug-likeness (QED) is 0.634. The van der Waals surface area contributed by atoms with Crippen LogP contribution in [0.2, 0.25) is 0 Å². The number of hydrogen-bond donors (Lipinski definition) is 2. The van der Waals surface area contributed by atoms with E-state index in [9.17, 15) is 13.2 Å². The lowest BCUT2D eigenvalue weighted by Gasteiger charge is -2.14. The fourth-order valence-corrected chi connectivity index (χ4v) is 2.21. The van der Waals surface area contributed by atoms with Gasteiger partial charge < -0.3 is 14.6 Å². The molecule has 8 heteroatoms. The monoisotopic (exact) mass is 332 g/mol. The Labute approximate surface area is 129 Å². The highest BCUT2D eigenvalue weighted by Gasteiger charge is 2.40. The molecule has 22 heavy (non-hydrogen) atoms. The zero-order valence-electron chi connectivity index (χ0n) is 12.6. The Bertz CT molecular complexity index is 605. The van der Waals surface area contributed by atoms with Crippen LogP contribution in [0.1, 0.15) is 25.8 Å². The van der Waals surface area contributed by atoms with Crippen LogP contribution in [0.3, 0.4) is 0 Å². The first-order valence-electron chi connectivity index (χ1n) is 6.61. The van der Waals surface area contributed by atoms with Crippen molar-refractivity contribution in [2.24, 2.45) is 0 Å². The van der Waals surface area contributed by atoms with E-state index in [0.29, 0.717) is 6.42 Å². The molecular formula is C14H20O7S. The van der Waals surface area contributed by atoms with Gasteiger partial charge in [-0.15, -0.1) is 0 Å². The summed E-state index contributed by atoms with van der Waals surface area (Å²) in [6.07, 6.45) is -0.280. The lowest BCUT2D eigenvalue weighted by Crippen LogP contribution is -2.21. The summed E-state index contributed by atoms with van der Waals surface area (Å²) >= 11 is 0. The molecule has 0 radical (unpaired) electrons. The van der Waals surface area contributed by atoms with Gasteiger partial charge in [-0.05, 0) is 19.1 Å². The fourth-order valence-electron chi connectivity index (χ4n) is 1.73. The van der Waals surface area contributed by atoms with Crippen molar-refractivity contribution in [2.45, 2.75) is 44.0 Å². The van der Waals surface area contributed by atoms with Gasteiger partial charge in [0.25, 0.3) is 10.1 Å². The van der Waals surface area contributed by atoms with Crippen LogP contribution in [0.15, 0.2) is 29.2 Å². The van der Waals surface area contributed by atoms with Crippen molar-refractivity contribution in [1.82, 2.24) is 0 Å². The smallest absolute Gasteiger partial charge is 0.338 e. The van der Waals surface area contributed by atoms with Gasteiger partial charge in [0.2, 0.25) is 5.79 Å². The van der Waals surface area contributed by atoms with Gasteiger partial charge in [-0.1, -0.05) is 17.7 Å². The van der Waals surface area contributed by atoms with Crippen LogP contribution >= 0.6 is 0 Å². The van der Waals surface area contributed by atoms with Gasteiger partial charge in [0.1, 0.15) is 0 Å². The second-order valence-electron chi connectivity index (χ2n) is 5.23. The third-order valence-corrected chi connectivity index (χ3v) is 3.61. The minimum atomic E-state index is -4.02. The molecule has 1 aliphatic rings. The molecule has 1 aromatic rings. The molecule has 1 atom stereocenters. The van der Waals surface area contributed by atoms with E-state index in [1.165, 1.54) is 12.1 Å². The maximum atomic E-state index is 10.9. The van der Waals surface area contributed by atoms with E-state index < -0.39 is 22.0 Å². The van der Waals surface area contributed by atoms with Crippen LogP contribution in [0.25, 0.3) is 0 Å². The normalized spacial score (nSPS) is 20.0. The summed E-state index contributed by atoms with van der Waals surface area (Å²) in [7, 11) is -4.02. The minimum absolute atomic E-state index is 0.0597. The number of ether oxygens (including phenoxy) is 2. The van der Waals surface area contributed by atoms with Crippen LogP contribution in [-0.4, -0.2) is 42.5 Å². The second kappa shape index (κ2) is 7.19. The Kier molecular flexibility index (Phi) is 6.07. The zero-order chi connectivity index (χ0) is 17.0. The molecule has 0 spiro atoms. The van der Waals surface area contributed by atoms with Crippen LogP contribution in [0.4, 0.5) is 0 Å². The van der Waals surface area contributed by atoms with Crippen LogP contribution in [0, 0.1) is 6.92 Å². The molecule has 0 aromatic heterocycles. The van der Waals surface area contributed by atoms with E-state index in [-0.39, 0.29) is 17.5 Å². The molecule has 2 N–H and O–H groups in total. The molecule has 1 fully saturated rings. The van der Waals surface area contributed by atoms with Gasteiger partial charge in [-0.3, -0.25) is 4.55 Å². The molecule has 0 unspecified atom stereocenters. The predicted molar refractivity (Wildman–Crippen MR) is 77.7 cm³/mol. The van der Waals surface area contributed by atoms with Gasteiger partial charge in [0.05, 0.1) is 4.90 Å². The number of esters is 1. The van der Waals surface area contributed by atoms with Crippen LogP contribution in [0.5, 0.6) is 0 Å². The summed E-state index contributed by atoms with van der Waals surface area (Å²) in [6.45, 7) is 5.12. The number of rotatable bonds is 3. The zero-order valence-corrected chi connectivity index (χ0v) is 13.5. The largest absolute Gasteiger partial charge is 0.432 e. The Hall–Kier alpha value is -1.48. The summed E-state index contributed by atoms with van der Waals surface area (Å²) in [6, 6.07) is 5.99. The maximum Gasteiger partial charge on any atom is 0.338 e. The van der Waals surface area contributed by atoms with Crippen molar-refractivity contribution in [3.63, 3.8) is 0 Å². The average molecular weight is 332 g/mol. The van der Waals surface area contributed by atoms with Crippen molar-refractivity contribution in [2.75, 3.05) is 6.61 Å². The minimum Gasteiger partial charge on any atom is -0.432 e. The van der Waals surface area contributed by atoms with E-state index in [1.807, 2.05) is 6.92 Å². The van der Waals surface area contributed by atoms with Gasteiger partial charge >= 0.3 is 5.97 Å². The standard InChI is InChI=1S/C7H12O4.C7H8O3S/c1-7(2)10-5(3-4-8)6(9)11-7;1-6-2-4-7(5-3-6)11(8,9)10/h5,8H,3-4H2,1-2H3;2-5H,1H3,(H,8,9,10)/t5-;/m0./s1. The average Bonchev–Trinajstić information content (AvgIpc) is 2.63. The molecule has 7 nitrogen and oxygen atoms in total. The van der Waals surface area contributed by atoms with Gasteiger partial charge in [-0.25, -0.2) is 4.79 Å². The first kappa shape index (κ1) is 18.6. The Morgan fingerprint density at radius 3 is 2.14 bits per heavy atom. The Morgan fingerprint density at radius 2 is 1.77 bits per heavy atom. The summed E-state index contributed by atoms with van der Waals surface area (Å²) < 4.78 is 39.6. The first-order chi connectivity index (χ1) is 10.0.